The monoisotopic (exact) mass is 378 g/mol. The van der Waals surface area contributed by atoms with Crippen molar-refractivity contribution < 1.29 is 28.9 Å². The normalized spacial score (nSPS) is 16.8. The quantitative estimate of drug-likeness (QED) is 0.474. The predicted octanol–water partition coefficient (Wildman–Crippen LogP) is 2.39. The molecule has 0 spiro atoms. The highest BCUT2D eigenvalue weighted by Gasteiger charge is 2.32. The molecule has 0 fully saturated rings. The minimum atomic E-state index is -0.725. The lowest BCUT2D eigenvalue weighted by Gasteiger charge is -2.28. The molecule has 0 saturated carbocycles. The van der Waals surface area contributed by atoms with Gasteiger partial charge < -0.3 is 30.0 Å². The van der Waals surface area contributed by atoms with Gasteiger partial charge in [0, 0.05) is 5.70 Å². The minimum absolute atomic E-state index is 0.0171. The van der Waals surface area contributed by atoms with Gasteiger partial charge in [-0.15, -0.1) is 0 Å². The van der Waals surface area contributed by atoms with Crippen LogP contribution in [0.4, 0.5) is 4.79 Å². The second-order valence-electron chi connectivity index (χ2n) is 6.29. The van der Waals surface area contributed by atoms with Crippen LogP contribution < -0.4 is 15.4 Å². The predicted molar refractivity (Wildman–Crippen MR) is 98.4 cm³/mol. The molecular formula is C19H26N2O6. The molecule has 1 aromatic carbocycles. The summed E-state index contributed by atoms with van der Waals surface area (Å²) in [5.41, 5.74) is 1.28. The second-order valence-corrected chi connectivity index (χ2v) is 6.29. The number of phenols is 1. The van der Waals surface area contributed by atoms with Crippen molar-refractivity contribution in [2.75, 3.05) is 19.8 Å². The number of nitrogens with one attached hydrogen (secondary N) is 2. The molecule has 1 aliphatic rings. The lowest BCUT2D eigenvalue weighted by atomic mass is 9.95. The van der Waals surface area contributed by atoms with Crippen LogP contribution in [0, 0.1) is 0 Å². The van der Waals surface area contributed by atoms with E-state index in [0.717, 1.165) is 0 Å². The van der Waals surface area contributed by atoms with E-state index in [2.05, 4.69) is 10.6 Å². The minimum Gasteiger partial charge on any atom is -0.504 e. The fraction of sp³-hybridized carbons (Fsp3) is 0.474. The van der Waals surface area contributed by atoms with Crippen LogP contribution in [0.15, 0.2) is 29.5 Å². The number of hydrogen-bond donors (Lipinski definition) is 3. The first-order chi connectivity index (χ1) is 12.8. The standard InChI is InChI=1S/C19H26N2O6/c1-5-25-15-10-13(6-7-14(15)22)17-16(12(4)20-19(24)21-17)18(23)27-9-8-26-11(2)3/h6-7,10-11,17,22H,5,8-9H2,1-4H3,(H2,20,21,24)/t17-/m0/s1. The van der Waals surface area contributed by atoms with Gasteiger partial charge in [-0.05, 0) is 45.4 Å². The number of urea groups is 1. The molecule has 0 bridgehead atoms. The molecule has 0 unspecified atom stereocenters. The van der Waals surface area contributed by atoms with Crippen LogP contribution in [0.25, 0.3) is 0 Å². The van der Waals surface area contributed by atoms with E-state index >= 15 is 0 Å². The van der Waals surface area contributed by atoms with Crippen molar-refractivity contribution in [1.82, 2.24) is 10.6 Å². The van der Waals surface area contributed by atoms with Crippen LogP contribution in [0.1, 0.15) is 39.3 Å². The molecule has 3 N–H and O–H groups in total. The molecule has 0 aromatic heterocycles. The average molecular weight is 378 g/mol. The van der Waals surface area contributed by atoms with Gasteiger partial charge in [0.25, 0.3) is 0 Å². The molecule has 148 valence electrons. The number of benzene rings is 1. The van der Waals surface area contributed by atoms with Gasteiger partial charge in [0.15, 0.2) is 11.5 Å². The van der Waals surface area contributed by atoms with Crippen molar-refractivity contribution in [3.63, 3.8) is 0 Å². The Hall–Kier alpha value is -2.74. The SMILES string of the molecule is CCOc1cc([C@@H]2NC(=O)NC(C)=C2C(=O)OCCOC(C)C)ccc1O. The third kappa shape index (κ3) is 5.37. The number of carbonyl (C=O) groups excluding carboxylic acids is 2. The van der Waals surface area contributed by atoms with Gasteiger partial charge in [0.1, 0.15) is 6.61 Å². The highest BCUT2D eigenvalue weighted by Crippen LogP contribution is 2.34. The highest BCUT2D eigenvalue weighted by molar-refractivity contribution is 5.95. The van der Waals surface area contributed by atoms with E-state index in [1.165, 1.54) is 6.07 Å². The number of amides is 2. The van der Waals surface area contributed by atoms with E-state index in [1.807, 2.05) is 13.8 Å². The van der Waals surface area contributed by atoms with Crippen molar-refractivity contribution >= 4 is 12.0 Å². The summed E-state index contributed by atoms with van der Waals surface area (Å²) in [6, 6.07) is 3.53. The second kappa shape index (κ2) is 9.27. The number of aromatic hydroxyl groups is 1. The zero-order valence-electron chi connectivity index (χ0n) is 16.0. The smallest absolute Gasteiger partial charge is 0.338 e. The maximum atomic E-state index is 12.6. The molecule has 8 nitrogen and oxygen atoms in total. The Bertz CT molecular complexity index is 729. The molecule has 2 rings (SSSR count). The van der Waals surface area contributed by atoms with Crippen molar-refractivity contribution in [1.29, 1.82) is 0 Å². The van der Waals surface area contributed by atoms with Crippen LogP contribution >= 0.6 is 0 Å². The highest BCUT2D eigenvalue weighted by atomic mass is 16.6. The number of carbonyl (C=O) groups is 2. The number of esters is 1. The molecule has 8 heteroatoms. The van der Waals surface area contributed by atoms with E-state index in [9.17, 15) is 14.7 Å². The summed E-state index contributed by atoms with van der Waals surface area (Å²) in [6.45, 7) is 7.98. The Labute approximate surface area is 158 Å². The average Bonchev–Trinajstić information content (AvgIpc) is 2.59. The Balaban J connectivity index is 2.25. The molecule has 1 aromatic rings. The third-order valence-corrected chi connectivity index (χ3v) is 3.87. The molecule has 1 aliphatic heterocycles. The molecule has 0 radical (unpaired) electrons. The molecule has 2 amide bonds. The number of ether oxygens (including phenoxy) is 3. The molecule has 0 saturated heterocycles. The van der Waals surface area contributed by atoms with Crippen LogP contribution in [0.3, 0.4) is 0 Å². The molecule has 27 heavy (non-hydrogen) atoms. The summed E-state index contributed by atoms with van der Waals surface area (Å²) >= 11 is 0. The fourth-order valence-corrected chi connectivity index (χ4v) is 2.69. The first-order valence-electron chi connectivity index (χ1n) is 8.86. The largest absolute Gasteiger partial charge is 0.504 e. The first-order valence-corrected chi connectivity index (χ1v) is 8.86. The summed E-state index contributed by atoms with van der Waals surface area (Å²) in [7, 11) is 0. The van der Waals surface area contributed by atoms with E-state index in [0.29, 0.717) is 17.9 Å². The van der Waals surface area contributed by atoms with E-state index < -0.39 is 18.0 Å². The van der Waals surface area contributed by atoms with Crippen LogP contribution in [-0.2, 0) is 14.3 Å². The number of phenolic OH excluding ortho intramolecular Hbond substituents is 1. The first kappa shape index (κ1) is 20.6. The van der Waals surface area contributed by atoms with E-state index in [4.69, 9.17) is 14.2 Å². The Kier molecular flexibility index (Phi) is 7.06. The zero-order valence-corrected chi connectivity index (χ0v) is 16.0. The van der Waals surface area contributed by atoms with E-state index in [1.54, 1.807) is 26.0 Å². The Morgan fingerprint density at radius 3 is 2.70 bits per heavy atom. The van der Waals surface area contributed by atoms with Crippen molar-refractivity contribution in [2.24, 2.45) is 0 Å². The summed E-state index contributed by atoms with van der Waals surface area (Å²) in [5, 5.41) is 15.2. The molecule has 0 aliphatic carbocycles. The Morgan fingerprint density at radius 1 is 1.30 bits per heavy atom. The van der Waals surface area contributed by atoms with Gasteiger partial charge in [-0.1, -0.05) is 6.07 Å². The lowest BCUT2D eigenvalue weighted by molar-refractivity contribution is -0.141. The maximum absolute atomic E-state index is 12.6. The van der Waals surface area contributed by atoms with Crippen LogP contribution in [0.5, 0.6) is 11.5 Å². The van der Waals surface area contributed by atoms with Gasteiger partial charge in [0.05, 0.1) is 30.9 Å². The van der Waals surface area contributed by atoms with Crippen LogP contribution in [-0.4, -0.2) is 43.0 Å². The molecular weight excluding hydrogens is 352 g/mol. The van der Waals surface area contributed by atoms with Crippen LogP contribution in [0.2, 0.25) is 0 Å². The van der Waals surface area contributed by atoms with Gasteiger partial charge in [0.2, 0.25) is 0 Å². The Morgan fingerprint density at radius 2 is 2.04 bits per heavy atom. The summed E-state index contributed by atoms with van der Waals surface area (Å²) in [4.78, 5) is 24.5. The number of rotatable bonds is 8. The van der Waals surface area contributed by atoms with Gasteiger partial charge in [-0.3, -0.25) is 0 Å². The van der Waals surface area contributed by atoms with Crippen molar-refractivity contribution in [3.8, 4) is 11.5 Å². The number of allylic oxidation sites excluding steroid dienone is 1. The fourth-order valence-electron chi connectivity index (χ4n) is 2.69. The lowest BCUT2D eigenvalue weighted by Crippen LogP contribution is -2.45. The van der Waals surface area contributed by atoms with Gasteiger partial charge >= 0.3 is 12.0 Å². The summed E-state index contributed by atoms with van der Waals surface area (Å²) in [6.07, 6.45) is 0.0435. The van der Waals surface area contributed by atoms with Crippen molar-refractivity contribution in [3.05, 3.63) is 35.0 Å². The maximum Gasteiger partial charge on any atom is 0.338 e. The molecule has 1 atom stereocenters. The zero-order chi connectivity index (χ0) is 20.0. The van der Waals surface area contributed by atoms with Gasteiger partial charge in [-0.2, -0.15) is 0 Å². The topological polar surface area (TPSA) is 106 Å². The van der Waals surface area contributed by atoms with Crippen molar-refractivity contribution in [2.45, 2.75) is 39.8 Å². The number of hydrogen-bond acceptors (Lipinski definition) is 6. The van der Waals surface area contributed by atoms with Gasteiger partial charge in [-0.25, -0.2) is 9.59 Å². The van der Waals surface area contributed by atoms with E-state index in [-0.39, 0.29) is 36.4 Å². The summed E-state index contributed by atoms with van der Waals surface area (Å²) in [5.74, 6) is -0.293. The third-order valence-electron chi connectivity index (χ3n) is 3.87. The summed E-state index contributed by atoms with van der Waals surface area (Å²) < 4.78 is 16.1. The molecule has 1 heterocycles.